The normalized spacial score (nSPS) is 15.9. The Hall–Kier alpha value is -2.09. The fourth-order valence-electron chi connectivity index (χ4n) is 2.56. The molecule has 0 spiro atoms. The summed E-state index contributed by atoms with van der Waals surface area (Å²) in [7, 11) is 0. The molecule has 5 nitrogen and oxygen atoms in total. The Bertz CT molecular complexity index is 568. The lowest BCUT2D eigenvalue weighted by Crippen LogP contribution is -2.07. The Labute approximate surface area is 106 Å². The minimum Gasteiger partial charge on any atom is -0.317 e. The molecule has 2 heterocycles. The molecule has 0 aromatic carbocycles. The fourth-order valence-corrected chi connectivity index (χ4v) is 2.56. The van der Waals surface area contributed by atoms with Gasteiger partial charge in [0.05, 0.1) is 18.3 Å². The smallest absolute Gasteiger partial charge is 0.213 e. The Kier molecular flexibility index (Phi) is 2.85. The van der Waals surface area contributed by atoms with Crippen LogP contribution in [0, 0.1) is 11.3 Å². The van der Waals surface area contributed by atoms with Crippen molar-refractivity contribution in [3.05, 3.63) is 36.2 Å². The maximum Gasteiger partial charge on any atom is 0.213 e. The van der Waals surface area contributed by atoms with Crippen LogP contribution in [-0.4, -0.2) is 19.3 Å². The molecule has 0 atom stereocenters. The fraction of sp³-hybridized carbons (Fsp3) is 0.462. The molecule has 2 aromatic rings. The summed E-state index contributed by atoms with van der Waals surface area (Å²) >= 11 is 0. The van der Waals surface area contributed by atoms with E-state index in [9.17, 15) is 0 Å². The first kappa shape index (κ1) is 11.0. The number of rotatable bonds is 3. The molecule has 1 fully saturated rings. The largest absolute Gasteiger partial charge is 0.317 e. The van der Waals surface area contributed by atoms with Crippen LogP contribution in [0.3, 0.4) is 0 Å². The van der Waals surface area contributed by atoms with E-state index in [1.54, 1.807) is 6.20 Å². The lowest BCUT2D eigenvalue weighted by molar-refractivity contribution is 0.461. The van der Waals surface area contributed by atoms with Gasteiger partial charge in [-0.3, -0.25) is 4.68 Å². The average Bonchev–Trinajstić information content (AvgIpc) is 3.10. The van der Waals surface area contributed by atoms with E-state index < -0.39 is 0 Å². The highest BCUT2D eigenvalue weighted by Gasteiger charge is 2.17. The van der Waals surface area contributed by atoms with E-state index in [1.807, 2.05) is 23.0 Å². The number of nitriles is 1. The summed E-state index contributed by atoms with van der Waals surface area (Å²) < 4.78 is 3.90. The van der Waals surface area contributed by atoms with Crippen LogP contribution in [0.15, 0.2) is 24.7 Å². The summed E-state index contributed by atoms with van der Waals surface area (Å²) in [6.45, 7) is 0.614. The summed E-state index contributed by atoms with van der Waals surface area (Å²) in [5, 5.41) is 13.5. The Balaban J connectivity index is 1.76. The zero-order chi connectivity index (χ0) is 12.4. The van der Waals surface area contributed by atoms with Gasteiger partial charge in [-0.25, -0.2) is 4.98 Å². The predicted molar refractivity (Wildman–Crippen MR) is 65.8 cm³/mol. The lowest BCUT2D eigenvalue weighted by atomic mass is 10.3. The maximum atomic E-state index is 8.90. The molecule has 18 heavy (non-hydrogen) atoms. The molecule has 5 heteroatoms. The monoisotopic (exact) mass is 241 g/mol. The SMILES string of the molecule is N#Cc1nccn1Cc1ccn(C2CCCC2)n1. The second-order valence-electron chi connectivity index (χ2n) is 4.72. The summed E-state index contributed by atoms with van der Waals surface area (Å²) in [5.41, 5.74) is 0.983. The van der Waals surface area contributed by atoms with Crippen molar-refractivity contribution in [3.63, 3.8) is 0 Å². The molecular weight excluding hydrogens is 226 g/mol. The molecule has 0 unspecified atom stereocenters. The van der Waals surface area contributed by atoms with Gasteiger partial charge in [0.15, 0.2) is 0 Å². The summed E-state index contributed by atoms with van der Waals surface area (Å²) in [6.07, 6.45) is 10.6. The number of aromatic nitrogens is 4. The first-order chi connectivity index (χ1) is 8.86. The first-order valence-electron chi connectivity index (χ1n) is 6.32. The van der Waals surface area contributed by atoms with Crippen LogP contribution < -0.4 is 0 Å². The highest BCUT2D eigenvalue weighted by molar-refractivity contribution is 5.13. The van der Waals surface area contributed by atoms with Crippen LogP contribution in [0.5, 0.6) is 0 Å². The zero-order valence-electron chi connectivity index (χ0n) is 10.2. The third kappa shape index (κ3) is 2.02. The summed E-state index contributed by atoms with van der Waals surface area (Å²) in [4.78, 5) is 3.98. The van der Waals surface area contributed by atoms with Crippen LogP contribution in [0.4, 0.5) is 0 Å². The Morgan fingerprint density at radius 3 is 2.94 bits per heavy atom. The van der Waals surface area contributed by atoms with E-state index in [1.165, 1.54) is 25.7 Å². The molecule has 92 valence electrons. The van der Waals surface area contributed by atoms with Crippen LogP contribution >= 0.6 is 0 Å². The van der Waals surface area contributed by atoms with Crippen molar-refractivity contribution in [1.29, 1.82) is 5.26 Å². The molecule has 0 bridgehead atoms. The van der Waals surface area contributed by atoms with Crippen LogP contribution in [-0.2, 0) is 6.54 Å². The maximum absolute atomic E-state index is 8.90. The van der Waals surface area contributed by atoms with Crippen molar-refractivity contribution in [1.82, 2.24) is 19.3 Å². The third-order valence-electron chi connectivity index (χ3n) is 3.51. The minimum atomic E-state index is 0.436. The molecule has 3 rings (SSSR count). The second-order valence-corrected chi connectivity index (χ2v) is 4.72. The third-order valence-corrected chi connectivity index (χ3v) is 3.51. The lowest BCUT2D eigenvalue weighted by Gasteiger charge is -2.08. The van der Waals surface area contributed by atoms with Gasteiger partial charge in [-0.2, -0.15) is 10.4 Å². The van der Waals surface area contributed by atoms with Gasteiger partial charge in [-0.05, 0) is 18.9 Å². The minimum absolute atomic E-state index is 0.436. The molecule has 1 aliphatic rings. The van der Waals surface area contributed by atoms with Gasteiger partial charge in [-0.1, -0.05) is 12.8 Å². The van der Waals surface area contributed by atoms with Crippen molar-refractivity contribution >= 4 is 0 Å². The number of imidazole rings is 1. The van der Waals surface area contributed by atoms with Crippen molar-refractivity contribution in [2.45, 2.75) is 38.3 Å². The van der Waals surface area contributed by atoms with Gasteiger partial charge in [0.2, 0.25) is 5.82 Å². The second kappa shape index (κ2) is 4.65. The first-order valence-corrected chi connectivity index (χ1v) is 6.32. The van der Waals surface area contributed by atoms with E-state index in [4.69, 9.17) is 5.26 Å². The topological polar surface area (TPSA) is 59.4 Å². The quantitative estimate of drug-likeness (QED) is 0.827. The van der Waals surface area contributed by atoms with Gasteiger partial charge in [-0.15, -0.1) is 0 Å². The number of hydrogen-bond donors (Lipinski definition) is 0. The summed E-state index contributed by atoms with van der Waals surface area (Å²) in [6, 6.07) is 4.67. The van der Waals surface area contributed by atoms with Crippen molar-refractivity contribution in [2.24, 2.45) is 0 Å². The molecular formula is C13H15N5. The van der Waals surface area contributed by atoms with E-state index in [-0.39, 0.29) is 0 Å². The molecule has 0 N–H and O–H groups in total. The number of hydrogen-bond acceptors (Lipinski definition) is 3. The molecule has 1 saturated carbocycles. The molecule has 0 amide bonds. The highest BCUT2D eigenvalue weighted by Crippen LogP contribution is 2.28. The number of nitrogens with zero attached hydrogens (tertiary/aromatic N) is 5. The Morgan fingerprint density at radius 2 is 2.17 bits per heavy atom. The van der Waals surface area contributed by atoms with Crippen LogP contribution in [0.2, 0.25) is 0 Å². The van der Waals surface area contributed by atoms with Gasteiger partial charge < -0.3 is 4.57 Å². The van der Waals surface area contributed by atoms with E-state index >= 15 is 0 Å². The van der Waals surface area contributed by atoms with Crippen LogP contribution in [0.1, 0.15) is 43.2 Å². The van der Waals surface area contributed by atoms with Crippen molar-refractivity contribution < 1.29 is 0 Å². The molecule has 0 saturated heterocycles. The highest BCUT2D eigenvalue weighted by atomic mass is 15.3. The average molecular weight is 241 g/mol. The standard InChI is InChI=1S/C13H15N5/c14-9-13-15-6-8-17(13)10-11-5-7-18(16-11)12-3-1-2-4-12/h5-8,12H,1-4,10H2. The van der Waals surface area contributed by atoms with E-state index in [0.717, 1.165) is 5.69 Å². The van der Waals surface area contributed by atoms with Gasteiger partial charge >= 0.3 is 0 Å². The van der Waals surface area contributed by atoms with Crippen molar-refractivity contribution in [2.75, 3.05) is 0 Å². The van der Waals surface area contributed by atoms with Gasteiger partial charge in [0, 0.05) is 18.6 Å². The van der Waals surface area contributed by atoms with E-state index in [0.29, 0.717) is 18.4 Å². The zero-order valence-corrected chi connectivity index (χ0v) is 10.2. The van der Waals surface area contributed by atoms with Crippen molar-refractivity contribution in [3.8, 4) is 6.07 Å². The predicted octanol–water partition coefficient (Wildman–Crippen LogP) is 2.11. The molecule has 2 aromatic heterocycles. The molecule has 0 radical (unpaired) electrons. The molecule has 1 aliphatic carbocycles. The van der Waals surface area contributed by atoms with Gasteiger partial charge in [0.1, 0.15) is 6.07 Å². The van der Waals surface area contributed by atoms with Crippen LogP contribution in [0.25, 0.3) is 0 Å². The van der Waals surface area contributed by atoms with E-state index in [2.05, 4.69) is 20.8 Å². The van der Waals surface area contributed by atoms with Gasteiger partial charge in [0.25, 0.3) is 0 Å². The molecule has 0 aliphatic heterocycles. The summed E-state index contributed by atoms with van der Waals surface area (Å²) in [5.74, 6) is 0.436. The Morgan fingerprint density at radius 1 is 1.33 bits per heavy atom.